The summed E-state index contributed by atoms with van der Waals surface area (Å²) in [4.78, 5) is 0. The number of rotatable bonds is 4. The van der Waals surface area contributed by atoms with Crippen molar-refractivity contribution in [1.82, 2.24) is 20.2 Å². The molecule has 0 unspecified atom stereocenters. The molecule has 0 saturated heterocycles. The van der Waals surface area contributed by atoms with E-state index in [4.69, 9.17) is 17.0 Å². The third-order valence-corrected chi connectivity index (χ3v) is 3.06. The first kappa shape index (κ1) is 12.6. The monoisotopic (exact) mass is 284 g/mol. The molecule has 6 heteroatoms. The lowest BCUT2D eigenvalue weighted by Crippen LogP contribution is -1.99. The summed E-state index contributed by atoms with van der Waals surface area (Å²) in [6.45, 7) is 0.525. The number of aromatic nitrogens is 4. The van der Waals surface area contributed by atoms with Crippen LogP contribution in [-0.2, 0) is 6.61 Å². The minimum Gasteiger partial charge on any atom is -0.489 e. The van der Waals surface area contributed by atoms with Crippen molar-refractivity contribution in [2.45, 2.75) is 6.61 Å². The highest BCUT2D eigenvalue weighted by Gasteiger charge is 2.02. The smallest absolute Gasteiger partial charge is 0.242 e. The van der Waals surface area contributed by atoms with Crippen molar-refractivity contribution in [1.29, 1.82) is 0 Å². The van der Waals surface area contributed by atoms with Gasteiger partial charge in [0.05, 0.1) is 5.69 Å². The normalized spacial score (nSPS) is 10.4. The van der Waals surface area contributed by atoms with Crippen molar-refractivity contribution in [3.63, 3.8) is 0 Å². The van der Waals surface area contributed by atoms with E-state index < -0.39 is 0 Å². The van der Waals surface area contributed by atoms with Crippen molar-refractivity contribution in [2.75, 3.05) is 0 Å². The fourth-order valence-electron chi connectivity index (χ4n) is 1.82. The number of ether oxygens (including phenoxy) is 1. The van der Waals surface area contributed by atoms with Crippen LogP contribution in [0.15, 0.2) is 54.6 Å². The lowest BCUT2D eigenvalue weighted by Gasteiger charge is -2.08. The molecule has 2 aromatic carbocycles. The van der Waals surface area contributed by atoms with Gasteiger partial charge in [-0.15, -0.1) is 0 Å². The largest absolute Gasteiger partial charge is 0.489 e. The molecule has 0 amide bonds. The first-order chi connectivity index (χ1) is 9.83. The molecule has 3 aromatic rings. The van der Waals surface area contributed by atoms with E-state index in [1.54, 1.807) is 4.68 Å². The quantitative estimate of drug-likeness (QED) is 0.748. The number of benzene rings is 2. The van der Waals surface area contributed by atoms with Gasteiger partial charge in [0.15, 0.2) is 0 Å². The molecule has 1 N–H and O–H groups in total. The van der Waals surface area contributed by atoms with Gasteiger partial charge >= 0.3 is 0 Å². The van der Waals surface area contributed by atoms with Gasteiger partial charge in [-0.2, -0.15) is 5.21 Å². The molecule has 0 fully saturated rings. The van der Waals surface area contributed by atoms with Crippen LogP contribution in [-0.4, -0.2) is 20.2 Å². The van der Waals surface area contributed by atoms with Gasteiger partial charge < -0.3 is 4.74 Å². The number of aromatic amines is 1. The summed E-state index contributed by atoms with van der Waals surface area (Å²) in [5, 5.41) is 10.1. The van der Waals surface area contributed by atoms with Crippen LogP contribution in [0.5, 0.6) is 5.75 Å². The second-order valence-electron chi connectivity index (χ2n) is 4.19. The molecular weight excluding hydrogens is 272 g/mol. The van der Waals surface area contributed by atoms with E-state index in [0.717, 1.165) is 17.0 Å². The summed E-state index contributed by atoms with van der Waals surface area (Å²) in [5.41, 5.74) is 1.96. The Morgan fingerprint density at radius 1 is 1.10 bits per heavy atom. The third-order valence-electron chi connectivity index (χ3n) is 2.80. The first-order valence-electron chi connectivity index (χ1n) is 6.10. The van der Waals surface area contributed by atoms with Crippen LogP contribution >= 0.6 is 12.2 Å². The molecule has 1 aromatic heterocycles. The van der Waals surface area contributed by atoms with Gasteiger partial charge in [-0.3, -0.25) is 0 Å². The number of hydrogen-bond acceptors (Lipinski definition) is 4. The summed E-state index contributed by atoms with van der Waals surface area (Å²) in [7, 11) is 0. The molecule has 0 spiro atoms. The van der Waals surface area contributed by atoms with Crippen LogP contribution in [0.1, 0.15) is 5.56 Å². The molecule has 1 heterocycles. The minimum absolute atomic E-state index is 0.380. The fraction of sp³-hybridized carbons (Fsp3) is 0.0714. The molecular formula is C14H12N4OS. The molecule has 0 bridgehead atoms. The standard InChI is InChI=1S/C14H12N4OS/c20-14-15-16-17-18(14)12-7-4-8-13(9-12)19-10-11-5-2-1-3-6-11/h1-9H,10H2,(H,15,17,20). The van der Waals surface area contributed by atoms with Gasteiger partial charge in [0.25, 0.3) is 0 Å². The van der Waals surface area contributed by atoms with Gasteiger partial charge in [0.1, 0.15) is 12.4 Å². The zero-order valence-electron chi connectivity index (χ0n) is 10.6. The maximum atomic E-state index is 5.77. The molecule has 0 atom stereocenters. The summed E-state index contributed by atoms with van der Waals surface area (Å²) in [5.74, 6) is 0.767. The third kappa shape index (κ3) is 2.75. The Bertz CT molecular complexity index is 751. The Morgan fingerprint density at radius 2 is 1.95 bits per heavy atom. The molecule has 0 radical (unpaired) electrons. The van der Waals surface area contributed by atoms with Gasteiger partial charge in [0, 0.05) is 6.07 Å². The summed E-state index contributed by atoms with van der Waals surface area (Å²) in [6, 6.07) is 17.6. The van der Waals surface area contributed by atoms with Crippen molar-refractivity contribution >= 4 is 12.2 Å². The lowest BCUT2D eigenvalue weighted by atomic mass is 10.2. The van der Waals surface area contributed by atoms with E-state index >= 15 is 0 Å². The SMILES string of the molecule is S=c1nn[nH]n1-c1cccc(OCc2ccccc2)c1. The van der Waals surface area contributed by atoms with Crippen LogP contribution < -0.4 is 4.74 Å². The molecule has 5 nitrogen and oxygen atoms in total. The molecule has 0 saturated carbocycles. The van der Waals surface area contributed by atoms with Crippen LogP contribution in [0.2, 0.25) is 0 Å². The highest BCUT2D eigenvalue weighted by atomic mass is 32.1. The van der Waals surface area contributed by atoms with Gasteiger partial charge in [-0.1, -0.05) is 46.7 Å². The van der Waals surface area contributed by atoms with Crippen molar-refractivity contribution in [3.05, 3.63) is 64.9 Å². The Labute approximate surface area is 120 Å². The zero-order valence-corrected chi connectivity index (χ0v) is 11.4. The number of tetrazole rings is 1. The van der Waals surface area contributed by atoms with Crippen LogP contribution in [0.3, 0.4) is 0 Å². The van der Waals surface area contributed by atoms with Crippen LogP contribution in [0.25, 0.3) is 5.69 Å². The van der Waals surface area contributed by atoms with E-state index in [9.17, 15) is 0 Å². The highest BCUT2D eigenvalue weighted by Crippen LogP contribution is 2.17. The zero-order chi connectivity index (χ0) is 13.8. The first-order valence-corrected chi connectivity index (χ1v) is 6.51. The second kappa shape index (κ2) is 5.66. The van der Waals surface area contributed by atoms with Gasteiger partial charge in [0.2, 0.25) is 4.77 Å². The molecule has 0 aliphatic heterocycles. The van der Waals surface area contributed by atoms with Crippen LogP contribution in [0.4, 0.5) is 0 Å². The van der Waals surface area contributed by atoms with Crippen molar-refractivity contribution in [2.24, 2.45) is 0 Å². The number of H-pyrrole nitrogens is 1. The molecule has 20 heavy (non-hydrogen) atoms. The topological polar surface area (TPSA) is 55.7 Å². The average molecular weight is 284 g/mol. The minimum atomic E-state index is 0.380. The van der Waals surface area contributed by atoms with Crippen molar-refractivity contribution < 1.29 is 4.74 Å². The number of hydrogen-bond donors (Lipinski definition) is 1. The lowest BCUT2D eigenvalue weighted by molar-refractivity contribution is 0.306. The summed E-state index contributed by atoms with van der Waals surface area (Å²) in [6.07, 6.45) is 0. The van der Waals surface area contributed by atoms with E-state index in [1.807, 2.05) is 54.6 Å². The molecule has 0 aliphatic carbocycles. The molecule has 0 aliphatic rings. The number of nitrogens with one attached hydrogen (secondary N) is 1. The summed E-state index contributed by atoms with van der Waals surface area (Å²) < 4.78 is 7.76. The van der Waals surface area contributed by atoms with E-state index in [-0.39, 0.29) is 0 Å². The predicted molar refractivity (Wildman–Crippen MR) is 77.3 cm³/mol. The number of nitrogens with zero attached hydrogens (tertiary/aromatic N) is 3. The predicted octanol–water partition coefficient (Wildman–Crippen LogP) is 2.90. The molecule has 3 rings (SSSR count). The molecule has 100 valence electrons. The fourth-order valence-corrected chi connectivity index (χ4v) is 2.01. The van der Waals surface area contributed by atoms with Gasteiger partial charge in [-0.05, 0) is 29.9 Å². The maximum Gasteiger partial charge on any atom is 0.242 e. The van der Waals surface area contributed by atoms with Crippen molar-refractivity contribution in [3.8, 4) is 11.4 Å². The summed E-state index contributed by atoms with van der Waals surface area (Å²) >= 11 is 5.07. The Balaban J connectivity index is 1.78. The van der Waals surface area contributed by atoms with E-state index in [2.05, 4.69) is 15.5 Å². The Morgan fingerprint density at radius 3 is 2.70 bits per heavy atom. The second-order valence-corrected chi connectivity index (χ2v) is 4.55. The average Bonchev–Trinajstić information content (AvgIpc) is 2.93. The van der Waals surface area contributed by atoms with E-state index in [0.29, 0.717) is 11.4 Å². The highest BCUT2D eigenvalue weighted by molar-refractivity contribution is 7.71. The Kier molecular flexibility index (Phi) is 3.56. The Hall–Kier alpha value is -2.47. The maximum absolute atomic E-state index is 5.77. The van der Waals surface area contributed by atoms with Gasteiger partial charge in [-0.25, -0.2) is 4.68 Å². The van der Waals surface area contributed by atoms with E-state index in [1.165, 1.54) is 0 Å². The van der Waals surface area contributed by atoms with Crippen LogP contribution in [0, 0.1) is 4.77 Å².